The fourth-order valence-corrected chi connectivity index (χ4v) is 9.30. The van der Waals surface area contributed by atoms with Gasteiger partial charge in [0.2, 0.25) is 0 Å². The first-order chi connectivity index (χ1) is 13.7. The molecule has 4 aliphatic carbocycles. The molecule has 0 aliphatic heterocycles. The Balaban J connectivity index is 1.50. The molecule has 2 nitrogen and oxygen atoms in total. The third-order valence-corrected chi connectivity index (χ3v) is 10.9. The van der Waals surface area contributed by atoms with E-state index in [1.165, 1.54) is 44.9 Å². The van der Waals surface area contributed by atoms with Gasteiger partial charge >= 0.3 is 0 Å². The van der Waals surface area contributed by atoms with Gasteiger partial charge in [0.15, 0.2) is 0 Å². The minimum atomic E-state index is -0.193. The maximum absolute atomic E-state index is 11.2. The van der Waals surface area contributed by atoms with Crippen LogP contribution in [0.5, 0.6) is 0 Å². The van der Waals surface area contributed by atoms with Crippen LogP contribution in [0.3, 0.4) is 0 Å². The second-order valence-electron chi connectivity index (χ2n) is 12.8. The summed E-state index contributed by atoms with van der Waals surface area (Å²) in [5.41, 5.74) is 0.749. The maximum atomic E-state index is 11.2. The normalized spacial score (nSPS) is 50.7. The molecule has 4 fully saturated rings. The summed E-state index contributed by atoms with van der Waals surface area (Å²) in [6, 6.07) is 0. The summed E-state index contributed by atoms with van der Waals surface area (Å²) in [6.07, 6.45) is 13.3. The van der Waals surface area contributed by atoms with Crippen LogP contribution in [0.1, 0.15) is 105 Å². The lowest BCUT2D eigenvalue weighted by Crippen LogP contribution is -2.58. The lowest BCUT2D eigenvalue weighted by molar-refractivity contribution is -0.172. The van der Waals surface area contributed by atoms with Crippen LogP contribution >= 0.6 is 0 Å². The summed E-state index contributed by atoms with van der Waals surface area (Å²) in [7, 11) is 0. The lowest BCUT2D eigenvalue weighted by atomic mass is 9.44. The van der Waals surface area contributed by atoms with E-state index < -0.39 is 0 Å². The van der Waals surface area contributed by atoms with E-state index in [9.17, 15) is 10.2 Å². The fourth-order valence-electron chi connectivity index (χ4n) is 9.30. The first-order valence-corrected chi connectivity index (χ1v) is 13.0. The SMILES string of the molecule is CC(C)CCC[C@@H](C)[C@H]1CCC2[C@@H]3C[C@H](O)[C@H]4C[C@@H](O)CC[C@]4(C)[C@H]3CC[C@@]21C. The van der Waals surface area contributed by atoms with Gasteiger partial charge in [0.05, 0.1) is 12.2 Å². The highest BCUT2D eigenvalue weighted by Crippen LogP contribution is 2.68. The van der Waals surface area contributed by atoms with E-state index in [1.54, 1.807) is 0 Å². The molecule has 2 heteroatoms. The van der Waals surface area contributed by atoms with E-state index in [-0.39, 0.29) is 17.6 Å². The Morgan fingerprint density at radius 1 is 0.793 bits per heavy atom. The highest BCUT2D eigenvalue weighted by molar-refractivity contribution is 5.11. The Bertz CT molecular complexity index is 573. The van der Waals surface area contributed by atoms with Gasteiger partial charge in [0.25, 0.3) is 0 Å². The van der Waals surface area contributed by atoms with Gasteiger partial charge in [-0.3, -0.25) is 0 Å². The number of hydrogen-bond acceptors (Lipinski definition) is 2. The Labute approximate surface area is 180 Å². The van der Waals surface area contributed by atoms with Crippen LogP contribution in [0.15, 0.2) is 0 Å². The predicted molar refractivity (Wildman–Crippen MR) is 120 cm³/mol. The van der Waals surface area contributed by atoms with Crippen molar-refractivity contribution < 1.29 is 10.2 Å². The van der Waals surface area contributed by atoms with Crippen LogP contribution in [0.25, 0.3) is 0 Å². The van der Waals surface area contributed by atoms with Crippen molar-refractivity contribution in [1.29, 1.82) is 0 Å². The van der Waals surface area contributed by atoms with Crippen LogP contribution in [0, 0.1) is 52.3 Å². The van der Waals surface area contributed by atoms with Crippen molar-refractivity contribution in [2.75, 3.05) is 0 Å². The van der Waals surface area contributed by atoms with Gasteiger partial charge in [-0.25, -0.2) is 0 Å². The smallest absolute Gasteiger partial charge is 0.0577 e. The van der Waals surface area contributed by atoms with Gasteiger partial charge in [-0.15, -0.1) is 0 Å². The molecule has 4 aliphatic rings. The largest absolute Gasteiger partial charge is 0.393 e. The molecule has 4 saturated carbocycles. The topological polar surface area (TPSA) is 40.5 Å². The van der Waals surface area contributed by atoms with Gasteiger partial charge in [-0.05, 0) is 104 Å². The van der Waals surface area contributed by atoms with Gasteiger partial charge in [-0.2, -0.15) is 0 Å². The molecule has 0 heterocycles. The first-order valence-electron chi connectivity index (χ1n) is 13.0. The van der Waals surface area contributed by atoms with Crippen LogP contribution in [-0.4, -0.2) is 22.4 Å². The van der Waals surface area contributed by atoms with Crippen molar-refractivity contribution in [3.63, 3.8) is 0 Å². The number of hydrogen-bond donors (Lipinski definition) is 2. The molecule has 0 aromatic rings. The number of aliphatic hydroxyl groups excluding tert-OH is 2. The van der Waals surface area contributed by atoms with E-state index in [0.717, 1.165) is 55.3 Å². The zero-order valence-electron chi connectivity index (χ0n) is 19.9. The predicted octanol–water partition coefficient (Wildman–Crippen LogP) is 6.44. The molecule has 0 aromatic heterocycles. The minimum absolute atomic E-state index is 0.185. The number of aliphatic hydroxyl groups is 2. The zero-order valence-corrected chi connectivity index (χ0v) is 19.9. The van der Waals surface area contributed by atoms with Crippen molar-refractivity contribution in [2.45, 2.75) is 117 Å². The monoisotopic (exact) mass is 404 g/mol. The second kappa shape index (κ2) is 8.12. The molecule has 0 radical (unpaired) electrons. The second-order valence-corrected chi connectivity index (χ2v) is 12.8. The number of fused-ring (bicyclic) bond motifs is 5. The third kappa shape index (κ3) is 3.73. The molecule has 0 spiro atoms. The molecule has 1 unspecified atom stereocenters. The summed E-state index contributed by atoms with van der Waals surface area (Å²) in [5.74, 6) is 5.20. The van der Waals surface area contributed by atoms with Crippen molar-refractivity contribution in [3.05, 3.63) is 0 Å². The molecule has 2 N–H and O–H groups in total. The van der Waals surface area contributed by atoms with Gasteiger partial charge < -0.3 is 10.2 Å². The minimum Gasteiger partial charge on any atom is -0.393 e. The zero-order chi connectivity index (χ0) is 21.0. The van der Waals surface area contributed by atoms with E-state index in [1.807, 2.05) is 0 Å². The van der Waals surface area contributed by atoms with E-state index in [4.69, 9.17) is 0 Å². The van der Waals surface area contributed by atoms with E-state index in [0.29, 0.717) is 17.3 Å². The molecular formula is C27H48O2. The highest BCUT2D eigenvalue weighted by atomic mass is 16.3. The Kier molecular flexibility index (Phi) is 6.19. The molecule has 0 bridgehead atoms. The standard InChI is InChI=1S/C27H48O2/c1-17(2)7-6-8-18(3)21-9-10-22-20-16-25(29)24-15-19(28)11-13-27(24,5)23(20)12-14-26(21,22)4/h17-25,28-29H,6-16H2,1-5H3/t18-,19+,20+,21-,22?,23+,24-,25+,26-,27-/m1/s1. The van der Waals surface area contributed by atoms with Crippen LogP contribution in [-0.2, 0) is 0 Å². The van der Waals surface area contributed by atoms with Crippen LogP contribution in [0.4, 0.5) is 0 Å². The quantitative estimate of drug-likeness (QED) is 0.553. The van der Waals surface area contributed by atoms with Crippen molar-refractivity contribution >= 4 is 0 Å². The molecule has 0 aromatic carbocycles. The Hall–Kier alpha value is -0.0800. The van der Waals surface area contributed by atoms with Crippen molar-refractivity contribution in [2.24, 2.45) is 52.3 Å². The van der Waals surface area contributed by atoms with Crippen LogP contribution in [0.2, 0.25) is 0 Å². The van der Waals surface area contributed by atoms with Gasteiger partial charge in [0.1, 0.15) is 0 Å². The summed E-state index contributed by atoms with van der Waals surface area (Å²) < 4.78 is 0. The maximum Gasteiger partial charge on any atom is 0.0577 e. The van der Waals surface area contributed by atoms with Crippen molar-refractivity contribution in [1.82, 2.24) is 0 Å². The van der Waals surface area contributed by atoms with Gasteiger partial charge in [-0.1, -0.05) is 53.9 Å². The average Bonchev–Trinajstić information content (AvgIpc) is 3.00. The number of rotatable bonds is 5. The van der Waals surface area contributed by atoms with E-state index >= 15 is 0 Å². The average molecular weight is 405 g/mol. The molecule has 0 amide bonds. The molecular weight excluding hydrogens is 356 g/mol. The third-order valence-electron chi connectivity index (χ3n) is 10.9. The summed E-state index contributed by atoms with van der Waals surface area (Å²) in [6.45, 7) is 12.4. The molecule has 168 valence electrons. The Morgan fingerprint density at radius 2 is 1.48 bits per heavy atom. The summed E-state index contributed by atoms with van der Waals surface area (Å²) >= 11 is 0. The fraction of sp³-hybridized carbons (Fsp3) is 1.00. The first kappa shape index (κ1) is 22.1. The highest BCUT2D eigenvalue weighted by Gasteiger charge is 2.62. The van der Waals surface area contributed by atoms with E-state index in [2.05, 4.69) is 34.6 Å². The molecule has 4 rings (SSSR count). The lowest BCUT2D eigenvalue weighted by Gasteiger charge is -2.62. The Morgan fingerprint density at radius 3 is 2.21 bits per heavy atom. The van der Waals surface area contributed by atoms with Crippen LogP contribution < -0.4 is 0 Å². The molecule has 29 heavy (non-hydrogen) atoms. The summed E-state index contributed by atoms with van der Waals surface area (Å²) in [5, 5.41) is 21.4. The summed E-state index contributed by atoms with van der Waals surface area (Å²) in [4.78, 5) is 0. The van der Waals surface area contributed by atoms with Crippen molar-refractivity contribution in [3.8, 4) is 0 Å². The molecule has 10 atom stereocenters. The van der Waals surface area contributed by atoms with Gasteiger partial charge in [0, 0.05) is 0 Å². The molecule has 0 saturated heterocycles.